The summed E-state index contributed by atoms with van der Waals surface area (Å²) in [6.07, 6.45) is 4.83. The Bertz CT molecular complexity index is 801. The SMILES string of the molecule is Clc1ccccc1SN1CCc2c(cnc3[nH]ncc23)C1. The fourth-order valence-corrected chi connectivity index (χ4v) is 3.86. The summed E-state index contributed by atoms with van der Waals surface area (Å²) >= 11 is 7.95. The van der Waals surface area contributed by atoms with E-state index in [1.54, 1.807) is 11.9 Å². The first kappa shape index (κ1) is 13.1. The van der Waals surface area contributed by atoms with Crippen LogP contribution in [0.3, 0.4) is 0 Å². The molecule has 0 unspecified atom stereocenters. The fraction of sp³-hybridized carbons (Fsp3) is 0.200. The second-order valence-corrected chi connectivity index (χ2v) is 6.58. The van der Waals surface area contributed by atoms with Gasteiger partial charge in [0.1, 0.15) is 0 Å². The molecule has 0 saturated carbocycles. The highest BCUT2D eigenvalue weighted by molar-refractivity contribution is 7.97. The van der Waals surface area contributed by atoms with Crippen molar-refractivity contribution in [3.05, 3.63) is 52.8 Å². The van der Waals surface area contributed by atoms with Crippen molar-refractivity contribution in [2.24, 2.45) is 0 Å². The topological polar surface area (TPSA) is 44.8 Å². The number of H-pyrrole nitrogens is 1. The summed E-state index contributed by atoms with van der Waals surface area (Å²) in [5, 5.41) is 8.97. The third kappa shape index (κ3) is 2.41. The molecule has 4 nitrogen and oxygen atoms in total. The Morgan fingerprint density at radius 2 is 2.14 bits per heavy atom. The van der Waals surface area contributed by atoms with Crippen molar-refractivity contribution >= 4 is 34.6 Å². The standard InChI is InChI=1S/C15H13ClN4S/c16-13-3-1-2-4-14(13)21-20-6-5-11-10(9-20)7-17-15-12(11)8-18-19-15/h1-4,7-8H,5-6,9H2,(H,17,18,19). The van der Waals surface area contributed by atoms with Crippen LogP contribution in [0, 0.1) is 0 Å². The molecule has 0 bridgehead atoms. The normalized spacial score (nSPS) is 15.3. The smallest absolute Gasteiger partial charge is 0.155 e. The van der Waals surface area contributed by atoms with E-state index in [9.17, 15) is 0 Å². The summed E-state index contributed by atoms with van der Waals surface area (Å²) in [4.78, 5) is 5.53. The minimum absolute atomic E-state index is 0.803. The van der Waals surface area contributed by atoms with Crippen molar-refractivity contribution in [1.29, 1.82) is 0 Å². The van der Waals surface area contributed by atoms with Gasteiger partial charge in [0.15, 0.2) is 5.65 Å². The zero-order chi connectivity index (χ0) is 14.2. The Labute approximate surface area is 131 Å². The monoisotopic (exact) mass is 316 g/mol. The van der Waals surface area contributed by atoms with Gasteiger partial charge >= 0.3 is 0 Å². The van der Waals surface area contributed by atoms with E-state index in [1.165, 1.54) is 11.1 Å². The molecule has 0 atom stereocenters. The first-order valence-electron chi connectivity index (χ1n) is 6.78. The quantitative estimate of drug-likeness (QED) is 0.733. The predicted octanol–water partition coefficient (Wildman–Crippen LogP) is 3.68. The van der Waals surface area contributed by atoms with Crippen LogP contribution < -0.4 is 0 Å². The number of hydrogen-bond acceptors (Lipinski definition) is 4. The van der Waals surface area contributed by atoms with Crippen LogP contribution >= 0.6 is 23.5 Å². The van der Waals surface area contributed by atoms with Gasteiger partial charge in [0.05, 0.1) is 11.2 Å². The van der Waals surface area contributed by atoms with Gasteiger partial charge in [0, 0.05) is 29.6 Å². The number of rotatable bonds is 2. The molecular formula is C15H13ClN4S. The van der Waals surface area contributed by atoms with E-state index in [0.717, 1.165) is 40.5 Å². The highest BCUT2D eigenvalue weighted by Gasteiger charge is 2.20. The molecule has 0 spiro atoms. The predicted molar refractivity (Wildman–Crippen MR) is 85.3 cm³/mol. The van der Waals surface area contributed by atoms with Crippen LogP contribution in [-0.4, -0.2) is 26.0 Å². The van der Waals surface area contributed by atoms with Gasteiger partial charge in [0.25, 0.3) is 0 Å². The third-order valence-electron chi connectivity index (χ3n) is 3.70. The lowest BCUT2D eigenvalue weighted by Gasteiger charge is -2.27. The first-order chi connectivity index (χ1) is 10.3. The number of aromatic nitrogens is 3. The van der Waals surface area contributed by atoms with Gasteiger partial charge in [-0.3, -0.25) is 5.10 Å². The van der Waals surface area contributed by atoms with Crippen molar-refractivity contribution in [3.8, 4) is 0 Å². The van der Waals surface area contributed by atoms with Gasteiger partial charge in [-0.2, -0.15) is 5.10 Å². The minimum Gasteiger partial charge on any atom is -0.261 e. The molecule has 6 heteroatoms. The molecule has 2 aromatic heterocycles. The lowest BCUT2D eigenvalue weighted by Crippen LogP contribution is -2.25. The van der Waals surface area contributed by atoms with Crippen molar-refractivity contribution < 1.29 is 0 Å². The summed E-state index contributed by atoms with van der Waals surface area (Å²) < 4.78 is 2.33. The molecule has 0 fully saturated rings. The van der Waals surface area contributed by atoms with Crippen LogP contribution in [0.2, 0.25) is 5.02 Å². The fourth-order valence-electron chi connectivity index (χ4n) is 2.66. The molecule has 3 aromatic rings. The zero-order valence-electron chi connectivity index (χ0n) is 11.2. The van der Waals surface area contributed by atoms with Crippen LogP contribution in [-0.2, 0) is 13.0 Å². The van der Waals surface area contributed by atoms with E-state index in [1.807, 2.05) is 30.6 Å². The summed E-state index contributed by atoms with van der Waals surface area (Å²) in [7, 11) is 0. The average molecular weight is 317 g/mol. The Kier molecular flexibility index (Phi) is 3.33. The molecule has 0 amide bonds. The second kappa shape index (κ2) is 5.33. The molecule has 1 N–H and O–H groups in total. The van der Waals surface area contributed by atoms with Crippen LogP contribution in [0.4, 0.5) is 0 Å². The zero-order valence-corrected chi connectivity index (χ0v) is 12.8. The molecule has 4 rings (SSSR count). The number of pyridine rings is 1. The van der Waals surface area contributed by atoms with Gasteiger partial charge in [-0.05, 0) is 41.6 Å². The highest BCUT2D eigenvalue weighted by Crippen LogP contribution is 2.34. The summed E-state index contributed by atoms with van der Waals surface area (Å²) in [6, 6.07) is 7.96. The molecular weight excluding hydrogens is 304 g/mol. The largest absolute Gasteiger partial charge is 0.261 e. The van der Waals surface area contributed by atoms with Crippen molar-refractivity contribution in [1.82, 2.24) is 19.5 Å². The number of nitrogens with one attached hydrogen (secondary N) is 1. The number of benzene rings is 1. The van der Waals surface area contributed by atoms with E-state index >= 15 is 0 Å². The molecule has 1 aliphatic heterocycles. The van der Waals surface area contributed by atoms with E-state index < -0.39 is 0 Å². The van der Waals surface area contributed by atoms with Gasteiger partial charge in [-0.1, -0.05) is 23.7 Å². The molecule has 0 radical (unpaired) electrons. The Hall–Kier alpha value is -1.56. The van der Waals surface area contributed by atoms with Gasteiger partial charge in [-0.15, -0.1) is 0 Å². The van der Waals surface area contributed by atoms with E-state index in [-0.39, 0.29) is 0 Å². The maximum atomic E-state index is 6.23. The van der Waals surface area contributed by atoms with Gasteiger partial charge < -0.3 is 0 Å². The first-order valence-corrected chi connectivity index (χ1v) is 7.93. The number of aromatic amines is 1. The Morgan fingerprint density at radius 1 is 1.24 bits per heavy atom. The second-order valence-electron chi connectivity index (χ2n) is 5.03. The maximum Gasteiger partial charge on any atom is 0.155 e. The average Bonchev–Trinajstić information content (AvgIpc) is 2.98. The van der Waals surface area contributed by atoms with E-state index in [0.29, 0.717) is 0 Å². The lowest BCUT2D eigenvalue weighted by molar-refractivity contribution is 0.445. The minimum atomic E-state index is 0.803. The molecule has 1 aromatic carbocycles. The number of nitrogens with zero attached hydrogens (tertiary/aromatic N) is 3. The highest BCUT2D eigenvalue weighted by atomic mass is 35.5. The molecule has 1 aliphatic rings. The van der Waals surface area contributed by atoms with Crippen molar-refractivity contribution in [3.63, 3.8) is 0 Å². The molecule has 0 aliphatic carbocycles. The Balaban J connectivity index is 1.61. The Morgan fingerprint density at radius 3 is 3.05 bits per heavy atom. The summed E-state index contributed by atoms with van der Waals surface area (Å²) in [6.45, 7) is 1.87. The van der Waals surface area contributed by atoms with Gasteiger partial charge in [0.2, 0.25) is 0 Å². The van der Waals surface area contributed by atoms with Crippen LogP contribution in [0.1, 0.15) is 11.1 Å². The van der Waals surface area contributed by atoms with Crippen molar-refractivity contribution in [2.75, 3.05) is 6.54 Å². The van der Waals surface area contributed by atoms with Crippen LogP contribution in [0.25, 0.3) is 11.0 Å². The van der Waals surface area contributed by atoms with Gasteiger partial charge in [-0.25, -0.2) is 9.29 Å². The van der Waals surface area contributed by atoms with Crippen LogP contribution in [0.5, 0.6) is 0 Å². The van der Waals surface area contributed by atoms with Crippen LogP contribution in [0.15, 0.2) is 41.6 Å². The van der Waals surface area contributed by atoms with E-state index in [4.69, 9.17) is 11.6 Å². The maximum absolute atomic E-state index is 6.23. The number of fused-ring (bicyclic) bond motifs is 3. The lowest BCUT2D eigenvalue weighted by atomic mass is 10.0. The summed E-state index contributed by atoms with van der Waals surface area (Å²) in [5.74, 6) is 0. The summed E-state index contributed by atoms with van der Waals surface area (Å²) in [5.41, 5.74) is 3.51. The molecule has 3 heterocycles. The van der Waals surface area contributed by atoms with E-state index in [2.05, 4.69) is 25.6 Å². The number of hydrogen-bond donors (Lipinski definition) is 1. The van der Waals surface area contributed by atoms with Crippen molar-refractivity contribution in [2.45, 2.75) is 17.9 Å². The number of halogens is 1. The molecule has 21 heavy (non-hydrogen) atoms. The molecule has 0 saturated heterocycles. The third-order valence-corrected chi connectivity index (χ3v) is 5.27. The molecule has 106 valence electrons.